The van der Waals surface area contributed by atoms with Crippen LogP contribution in [0.2, 0.25) is 0 Å². The van der Waals surface area contributed by atoms with Gasteiger partial charge in [0.15, 0.2) is 0 Å². The molecule has 1 aromatic carbocycles. The van der Waals surface area contributed by atoms with Crippen LogP contribution in [0.25, 0.3) is 6.08 Å². The normalized spacial score (nSPS) is 28.9. The number of hydrogen-bond donors (Lipinski definition) is 0. The third-order valence-electron chi connectivity index (χ3n) is 6.90. The number of benzene rings is 1. The number of methoxy groups -OCH3 is 1. The Labute approximate surface area is 172 Å². The summed E-state index contributed by atoms with van der Waals surface area (Å²) in [6.07, 6.45) is 11.2. The molecule has 0 saturated carbocycles. The first kappa shape index (κ1) is 18.4. The van der Waals surface area contributed by atoms with Gasteiger partial charge in [0.1, 0.15) is 11.3 Å². The molecule has 3 fully saturated rings. The highest BCUT2D eigenvalue weighted by molar-refractivity contribution is 5.90. The van der Waals surface area contributed by atoms with Gasteiger partial charge in [-0.05, 0) is 43.5 Å². The standard InChI is InChI=1S/C24H27N3O2/c1-29-22-8-3-2-7-19(22)9-10-21-14-20-17-26(16-18-6-4-12-25-15-18)23(28)24(20)11-5-13-27(21)24/h2-4,6-10,12,15,20-21H,5,11,13-14,16-17H2,1H3/t20-,21+,24-/m0/s1. The Bertz CT molecular complexity index is 929. The van der Waals surface area contributed by atoms with Crippen molar-refractivity contribution in [2.75, 3.05) is 20.2 Å². The summed E-state index contributed by atoms with van der Waals surface area (Å²) >= 11 is 0. The molecule has 1 amide bonds. The number of carbonyl (C=O) groups excluding carboxylic acids is 1. The second-order valence-corrected chi connectivity index (χ2v) is 8.37. The van der Waals surface area contributed by atoms with Crippen molar-refractivity contribution in [2.24, 2.45) is 5.92 Å². The van der Waals surface area contributed by atoms with E-state index in [4.69, 9.17) is 4.74 Å². The fourth-order valence-corrected chi connectivity index (χ4v) is 5.68. The van der Waals surface area contributed by atoms with E-state index in [0.717, 1.165) is 49.2 Å². The SMILES string of the molecule is COc1ccccc1C=C[C@@H]1C[C@H]2CN(Cc3cccnc3)C(=O)[C@]23CCCN13. The molecule has 1 aromatic heterocycles. The molecule has 5 rings (SSSR count). The fraction of sp³-hybridized carbons (Fsp3) is 0.417. The summed E-state index contributed by atoms with van der Waals surface area (Å²) in [6, 6.07) is 12.4. The van der Waals surface area contributed by atoms with E-state index in [-0.39, 0.29) is 5.54 Å². The maximum absolute atomic E-state index is 13.5. The summed E-state index contributed by atoms with van der Waals surface area (Å²) in [5, 5.41) is 0. The van der Waals surface area contributed by atoms with Crippen molar-refractivity contribution in [2.45, 2.75) is 37.4 Å². The number of aromatic nitrogens is 1. The summed E-state index contributed by atoms with van der Waals surface area (Å²) in [5.41, 5.74) is 1.90. The van der Waals surface area contributed by atoms with Gasteiger partial charge in [0.05, 0.1) is 7.11 Å². The zero-order valence-electron chi connectivity index (χ0n) is 16.8. The van der Waals surface area contributed by atoms with E-state index >= 15 is 0 Å². The molecular weight excluding hydrogens is 362 g/mol. The van der Waals surface area contributed by atoms with E-state index in [1.165, 1.54) is 0 Å². The summed E-state index contributed by atoms with van der Waals surface area (Å²) in [5.74, 6) is 1.61. The maximum atomic E-state index is 13.5. The number of amides is 1. The van der Waals surface area contributed by atoms with Crippen molar-refractivity contribution >= 4 is 12.0 Å². The third kappa shape index (κ3) is 2.96. The monoisotopic (exact) mass is 389 g/mol. The van der Waals surface area contributed by atoms with E-state index in [1.54, 1.807) is 13.3 Å². The van der Waals surface area contributed by atoms with Crippen LogP contribution in [-0.2, 0) is 11.3 Å². The molecule has 3 atom stereocenters. The number of hydrogen-bond acceptors (Lipinski definition) is 4. The van der Waals surface area contributed by atoms with Gasteiger partial charge >= 0.3 is 0 Å². The number of likely N-dealkylation sites (tertiary alicyclic amines) is 1. The quantitative estimate of drug-likeness (QED) is 0.787. The first-order valence-electron chi connectivity index (χ1n) is 10.5. The van der Waals surface area contributed by atoms with Crippen molar-refractivity contribution < 1.29 is 9.53 Å². The molecule has 4 heterocycles. The van der Waals surface area contributed by atoms with Gasteiger partial charge in [0.25, 0.3) is 0 Å². The maximum Gasteiger partial charge on any atom is 0.243 e. The molecule has 2 aromatic rings. The molecule has 0 aliphatic carbocycles. The van der Waals surface area contributed by atoms with E-state index < -0.39 is 0 Å². The number of rotatable bonds is 5. The van der Waals surface area contributed by atoms with Crippen LogP contribution in [0, 0.1) is 5.92 Å². The van der Waals surface area contributed by atoms with Crippen LogP contribution in [0.5, 0.6) is 5.75 Å². The van der Waals surface area contributed by atoms with Gasteiger partial charge in [-0.3, -0.25) is 14.7 Å². The second-order valence-electron chi connectivity index (χ2n) is 8.37. The molecule has 0 bridgehead atoms. The topological polar surface area (TPSA) is 45.7 Å². The first-order valence-corrected chi connectivity index (χ1v) is 10.5. The third-order valence-corrected chi connectivity index (χ3v) is 6.90. The Hall–Kier alpha value is -2.66. The van der Waals surface area contributed by atoms with E-state index in [1.807, 2.05) is 30.5 Å². The second kappa shape index (κ2) is 7.30. The van der Waals surface area contributed by atoms with E-state index in [2.05, 4.69) is 39.1 Å². The highest BCUT2D eigenvalue weighted by Gasteiger charge is 2.64. The van der Waals surface area contributed by atoms with Crippen molar-refractivity contribution in [1.82, 2.24) is 14.8 Å². The van der Waals surface area contributed by atoms with Crippen molar-refractivity contribution in [3.05, 3.63) is 66.0 Å². The van der Waals surface area contributed by atoms with Gasteiger partial charge in [-0.25, -0.2) is 0 Å². The summed E-state index contributed by atoms with van der Waals surface area (Å²) < 4.78 is 5.48. The van der Waals surface area contributed by atoms with Crippen LogP contribution in [0.15, 0.2) is 54.9 Å². The molecule has 3 saturated heterocycles. The Morgan fingerprint density at radius 3 is 3.00 bits per heavy atom. The van der Waals surface area contributed by atoms with Crippen molar-refractivity contribution in [1.29, 1.82) is 0 Å². The van der Waals surface area contributed by atoms with Crippen molar-refractivity contribution in [3.63, 3.8) is 0 Å². The predicted octanol–water partition coefficient (Wildman–Crippen LogP) is 3.37. The number of nitrogens with zero attached hydrogens (tertiary/aromatic N) is 3. The van der Waals surface area contributed by atoms with Crippen LogP contribution in [0.1, 0.15) is 30.4 Å². The molecule has 0 unspecified atom stereocenters. The van der Waals surface area contributed by atoms with Gasteiger partial charge in [0.2, 0.25) is 5.91 Å². The zero-order valence-corrected chi connectivity index (χ0v) is 16.8. The number of para-hydroxylation sites is 1. The number of carbonyl (C=O) groups is 1. The zero-order chi connectivity index (χ0) is 19.8. The minimum absolute atomic E-state index is 0.294. The van der Waals surface area contributed by atoms with E-state index in [9.17, 15) is 4.79 Å². The minimum atomic E-state index is -0.294. The number of pyridine rings is 1. The Balaban J connectivity index is 1.36. The van der Waals surface area contributed by atoms with Crippen molar-refractivity contribution in [3.8, 4) is 5.75 Å². The van der Waals surface area contributed by atoms with Crippen LogP contribution in [0.4, 0.5) is 0 Å². The molecule has 29 heavy (non-hydrogen) atoms. The predicted molar refractivity (Wildman–Crippen MR) is 112 cm³/mol. The minimum Gasteiger partial charge on any atom is -0.496 e. The molecule has 150 valence electrons. The molecule has 0 radical (unpaired) electrons. The van der Waals surface area contributed by atoms with Crippen LogP contribution >= 0.6 is 0 Å². The smallest absolute Gasteiger partial charge is 0.243 e. The molecule has 0 N–H and O–H groups in total. The summed E-state index contributed by atoms with van der Waals surface area (Å²) in [6.45, 7) is 2.52. The van der Waals surface area contributed by atoms with Crippen LogP contribution in [0.3, 0.4) is 0 Å². The van der Waals surface area contributed by atoms with Crippen LogP contribution < -0.4 is 4.74 Å². The number of ether oxygens (including phenoxy) is 1. The van der Waals surface area contributed by atoms with Crippen LogP contribution in [-0.4, -0.2) is 52.5 Å². The van der Waals surface area contributed by atoms with Gasteiger partial charge in [-0.1, -0.05) is 36.4 Å². The Morgan fingerprint density at radius 1 is 1.28 bits per heavy atom. The molecule has 5 nitrogen and oxygen atoms in total. The lowest BCUT2D eigenvalue weighted by Crippen LogP contribution is -2.50. The molecule has 3 aliphatic heterocycles. The molecule has 3 aliphatic rings. The van der Waals surface area contributed by atoms with Gasteiger partial charge in [-0.15, -0.1) is 0 Å². The Morgan fingerprint density at radius 2 is 2.17 bits per heavy atom. The van der Waals surface area contributed by atoms with Gasteiger partial charge in [-0.2, -0.15) is 0 Å². The average molecular weight is 389 g/mol. The fourth-order valence-electron chi connectivity index (χ4n) is 5.68. The summed E-state index contributed by atoms with van der Waals surface area (Å²) in [4.78, 5) is 22.3. The largest absolute Gasteiger partial charge is 0.496 e. The lowest BCUT2D eigenvalue weighted by molar-refractivity contribution is -0.137. The lowest BCUT2D eigenvalue weighted by Gasteiger charge is -2.32. The average Bonchev–Trinajstić information content (AvgIpc) is 3.38. The van der Waals surface area contributed by atoms with E-state index in [0.29, 0.717) is 24.4 Å². The molecule has 5 heteroatoms. The lowest BCUT2D eigenvalue weighted by atomic mass is 9.85. The van der Waals surface area contributed by atoms with Gasteiger partial charge in [0, 0.05) is 43.0 Å². The Kier molecular flexibility index (Phi) is 4.63. The highest BCUT2D eigenvalue weighted by atomic mass is 16.5. The van der Waals surface area contributed by atoms with Gasteiger partial charge < -0.3 is 9.64 Å². The highest BCUT2D eigenvalue weighted by Crippen LogP contribution is 2.52. The molecular formula is C24H27N3O2. The molecule has 1 spiro atoms. The first-order chi connectivity index (χ1) is 14.2. The summed E-state index contributed by atoms with van der Waals surface area (Å²) in [7, 11) is 1.71.